The van der Waals surface area contributed by atoms with Gasteiger partial charge < -0.3 is 25.2 Å². The average molecular weight is 539 g/mol. The molecule has 1 unspecified atom stereocenters. The molecule has 1 saturated carbocycles. The molecule has 3 aliphatic heterocycles. The van der Waals surface area contributed by atoms with E-state index in [-0.39, 0.29) is 30.2 Å². The molecule has 1 amide bonds. The van der Waals surface area contributed by atoms with E-state index in [0.29, 0.717) is 39.0 Å². The number of allylic oxidation sites excluding steroid dienone is 3. The molecule has 5 rings (SSSR count). The molecule has 1 saturated heterocycles. The molecular weight excluding hydrogens is 505 g/mol. The number of likely N-dealkylation sites (tertiary alicyclic amines) is 1. The van der Waals surface area contributed by atoms with Gasteiger partial charge in [-0.25, -0.2) is 0 Å². The predicted octanol–water partition coefficient (Wildman–Crippen LogP) is 4.80. The van der Waals surface area contributed by atoms with Crippen molar-refractivity contribution in [3.05, 3.63) is 65.8 Å². The van der Waals surface area contributed by atoms with Gasteiger partial charge in [-0.3, -0.25) is 4.79 Å². The molecule has 0 radical (unpaired) electrons. The van der Waals surface area contributed by atoms with Crippen molar-refractivity contribution in [3.8, 4) is 5.75 Å². The quantitative estimate of drug-likeness (QED) is 0.522. The number of halogens is 4. The van der Waals surface area contributed by atoms with Crippen molar-refractivity contribution in [2.75, 3.05) is 26.2 Å². The van der Waals surface area contributed by atoms with Crippen molar-refractivity contribution in [1.82, 2.24) is 20.4 Å². The fraction of sp³-hybridized carbons (Fsp3) is 0.519. The van der Waals surface area contributed by atoms with E-state index in [4.69, 9.17) is 4.74 Å². The van der Waals surface area contributed by atoms with Crippen LogP contribution in [0.4, 0.5) is 13.2 Å². The lowest BCUT2D eigenvalue weighted by Crippen LogP contribution is -2.64. The number of nitrogens with one attached hydrogen (secondary N) is 2. The first-order chi connectivity index (χ1) is 17.2. The molecule has 3 heterocycles. The molecule has 2 N–H and O–H groups in total. The summed E-state index contributed by atoms with van der Waals surface area (Å²) in [7, 11) is 0. The minimum atomic E-state index is -4.45. The van der Waals surface area contributed by atoms with Gasteiger partial charge in [0.05, 0.1) is 17.8 Å². The number of fused-ring (bicyclic) bond motifs is 1. The molecule has 2 fully saturated rings. The maximum atomic E-state index is 13.4. The molecule has 6 nitrogen and oxygen atoms in total. The highest BCUT2D eigenvalue weighted by Crippen LogP contribution is 2.37. The number of alkyl halides is 3. The van der Waals surface area contributed by atoms with Crippen molar-refractivity contribution in [2.24, 2.45) is 5.92 Å². The molecule has 4 aliphatic rings. The van der Waals surface area contributed by atoms with Crippen LogP contribution >= 0.6 is 12.4 Å². The van der Waals surface area contributed by atoms with E-state index < -0.39 is 17.3 Å². The number of hydrogen-bond acceptors (Lipinski definition) is 5. The van der Waals surface area contributed by atoms with E-state index in [1.54, 1.807) is 6.07 Å². The summed E-state index contributed by atoms with van der Waals surface area (Å²) in [6, 6.07) is 5.37. The highest BCUT2D eigenvalue weighted by atomic mass is 35.5. The number of ether oxygens (including phenoxy) is 1. The van der Waals surface area contributed by atoms with Crippen molar-refractivity contribution in [2.45, 2.75) is 56.8 Å². The van der Waals surface area contributed by atoms with Gasteiger partial charge in [-0.15, -0.1) is 12.4 Å². The summed E-state index contributed by atoms with van der Waals surface area (Å²) in [5.74, 6) is 1.48. The van der Waals surface area contributed by atoms with Crippen LogP contribution in [0.1, 0.15) is 44.6 Å². The van der Waals surface area contributed by atoms with Crippen LogP contribution in [0.3, 0.4) is 0 Å². The summed E-state index contributed by atoms with van der Waals surface area (Å²) < 4.78 is 45.9. The molecule has 0 spiro atoms. The molecule has 1 atom stereocenters. The van der Waals surface area contributed by atoms with Gasteiger partial charge >= 0.3 is 6.18 Å². The van der Waals surface area contributed by atoms with E-state index in [2.05, 4.69) is 20.4 Å². The highest BCUT2D eigenvalue weighted by molar-refractivity contribution is 5.87. The SMILES string of the molecule is CC1(C(=O)NCCC2CC2)CN2C=CC=CC2=C(N2CCC(Oc3ccccc3C(F)(F)F)CC2)N1.Cl. The third kappa shape index (κ3) is 6.20. The summed E-state index contributed by atoms with van der Waals surface area (Å²) in [4.78, 5) is 17.5. The average Bonchev–Trinajstić information content (AvgIpc) is 3.68. The number of piperidine rings is 1. The zero-order valence-corrected chi connectivity index (χ0v) is 21.7. The van der Waals surface area contributed by atoms with Crippen LogP contribution in [0.5, 0.6) is 5.75 Å². The molecule has 10 heteroatoms. The highest BCUT2D eigenvalue weighted by Gasteiger charge is 2.42. The van der Waals surface area contributed by atoms with Gasteiger partial charge in [0, 0.05) is 38.7 Å². The zero-order chi connectivity index (χ0) is 25.3. The first-order valence-electron chi connectivity index (χ1n) is 12.7. The Labute approximate surface area is 222 Å². The van der Waals surface area contributed by atoms with Crippen molar-refractivity contribution < 1.29 is 22.7 Å². The molecule has 0 bridgehead atoms. The fourth-order valence-corrected chi connectivity index (χ4v) is 5.08. The normalized spacial score (nSPS) is 23.8. The number of hydrogen-bond donors (Lipinski definition) is 2. The lowest BCUT2D eigenvalue weighted by molar-refractivity contribution is -0.139. The number of para-hydroxylation sites is 1. The van der Waals surface area contributed by atoms with Gasteiger partial charge in [-0.2, -0.15) is 13.2 Å². The second-order valence-electron chi connectivity index (χ2n) is 10.3. The predicted molar refractivity (Wildman–Crippen MR) is 138 cm³/mol. The minimum Gasteiger partial charge on any atom is -0.490 e. The number of rotatable bonds is 7. The van der Waals surface area contributed by atoms with Crippen LogP contribution in [0.25, 0.3) is 0 Å². The Balaban J connectivity index is 0.00000320. The Kier molecular flexibility index (Phi) is 8.02. The lowest BCUT2D eigenvalue weighted by atomic mass is 9.95. The van der Waals surface area contributed by atoms with Crippen LogP contribution in [-0.4, -0.2) is 53.5 Å². The molecule has 1 aliphatic carbocycles. The first-order valence-corrected chi connectivity index (χ1v) is 12.7. The van der Waals surface area contributed by atoms with E-state index in [1.165, 1.54) is 25.0 Å². The van der Waals surface area contributed by atoms with Gasteiger partial charge in [0.1, 0.15) is 23.2 Å². The van der Waals surface area contributed by atoms with Gasteiger partial charge in [0.2, 0.25) is 5.91 Å². The summed E-state index contributed by atoms with van der Waals surface area (Å²) in [6.07, 6.45) is 7.85. The van der Waals surface area contributed by atoms with Crippen LogP contribution in [0.15, 0.2) is 60.2 Å². The van der Waals surface area contributed by atoms with E-state index >= 15 is 0 Å². The van der Waals surface area contributed by atoms with Crippen LogP contribution in [0, 0.1) is 5.92 Å². The summed E-state index contributed by atoms with van der Waals surface area (Å²) in [6.45, 7) is 4.33. The minimum absolute atomic E-state index is 0. The molecule has 1 aromatic carbocycles. The van der Waals surface area contributed by atoms with Crippen LogP contribution < -0.4 is 15.4 Å². The van der Waals surface area contributed by atoms with E-state index in [9.17, 15) is 18.0 Å². The Morgan fingerprint density at radius 2 is 1.89 bits per heavy atom. The first kappa shape index (κ1) is 27.2. The number of amides is 1. The molecule has 1 aromatic rings. The topological polar surface area (TPSA) is 56.8 Å². The molecule has 0 aromatic heterocycles. The third-order valence-corrected chi connectivity index (χ3v) is 7.34. The molecule has 202 valence electrons. The third-order valence-electron chi connectivity index (χ3n) is 7.34. The largest absolute Gasteiger partial charge is 0.490 e. The van der Waals surface area contributed by atoms with Gasteiger partial charge in [-0.1, -0.05) is 31.1 Å². The summed E-state index contributed by atoms with van der Waals surface area (Å²) in [5, 5.41) is 6.63. The van der Waals surface area contributed by atoms with Crippen LogP contribution in [0.2, 0.25) is 0 Å². The maximum Gasteiger partial charge on any atom is 0.419 e. The molecular formula is C27H34ClF3N4O2. The summed E-state index contributed by atoms with van der Waals surface area (Å²) >= 11 is 0. The second-order valence-corrected chi connectivity index (χ2v) is 10.3. The lowest BCUT2D eigenvalue weighted by Gasteiger charge is -2.47. The Morgan fingerprint density at radius 1 is 1.16 bits per heavy atom. The molecule has 37 heavy (non-hydrogen) atoms. The van der Waals surface area contributed by atoms with Gasteiger partial charge in [0.25, 0.3) is 0 Å². The zero-order valence-electron chi connectivity index (χ0n) is 20.9. The number of benzene rings is 1. The van der Waals surface area contributed by atoms with Crippen LogP contribution in [-0.2, 0) is 11.0 Å². The van der Waals surface area contributed by atoms with E-state index in [0.717, 1.165) is 29.9 Å². The Bertz CT molecular complexity index is 1080. The maximum absolute atomic E-state index is 13.4. The standard InChI is InChI=1S/C27H33F3N4O2.ClH/c1-26(25(35)31-14-11-19-9-10-19)18-34-15-5-4-7-22(34)24(32-26)33-16-12-20(13-17-33)36-23-8-3-2-6-21(23)27(28,29)30;/h2-8,15,19-20,32H,9-14,16-18H2,1H3,(H,31,35);1H. The summed E-state index contributed by atoms with van der Waals surface area (Å²) in [5.41, 5.74) is -0.566. The second kappa shape index (κ2) is 10.9. The smallest absolute Gasteiger partial charge is 0.419 e. The number of carbonyl (C=O) groups is 1. The van der Waals surface area contributed by atoms with E-state index in [1.807, 2.05) is 31.4 Å². The number of nitrogens with zero attached hydrogens (tertiary/aromatic N) is 2. The van der Waals surface area contributed by atoms with Gasteiger partial charge in [-0.05, 0) is 43.5 Å². The van der Waals surface area contributed by atoms with Crippen molar-refractivity contribution in [3.63, 3.8) is 0 Å². The Morgan fingerprint density at radius 3 is 2.59 bits per heavy atom. The van der Waals surface area contributed by atoms with Gasteiger partial charge in [0.15, 0.2) is 0 Å². The monoisotopic (exact) mass is 538 g/mol. The number of carbonyl (C=O) groups excluding carboxylic acids is 1. The van der Waals surface area contributed by atoms with Crippen molar-refractivity contribution >= 4 is 18.3 Å². The fourth-order valence-electron chi connectivity index (χ4n) is 5.08. The Hall–Kier alpha value is -2.81. The van der Waals surface area contributed by atoms with Crippen molar-refractivity contribution in [1.29, 1.82) is 0 Å².